The van der Waals surface area contributed by atoms with Gasteiger partial charge in [0.15, 0.2) is 5.90 Å². The predicted octanol–water partition coefficient (Wildman–Crippen LogP) is 6.04. The number of ether oxygens (including phenoxy) is 1. The third-order valence-corrected chi connectivity index (χ3v) is 4.24. The molecule has 0 saturated carbocycles. The molecule has 3 rings (SSSR count). The summed E-state index contributed by atoms with van der Waals surface area (Å²) in [6.45, 7) is 16.1. The van der Waals surface area contributed by atoms with Gasteiger partial charge in [0, 0.05) is 37.1 Å². The van der Waals surface area contributed by atoms with E-state index in [4.69, 9.17) is 5.41 Å². The maximum Gasteiger partial charge on any atom is 0.339 e. The van der Waals surface area contributed by atoms with Gasteiger partial charge in [0.05, 0.1) is 34.6 Å². The number of aromatic carboxylic acids is 1. The molecule has 0 radical (unpaired) electrons. The Kier molecular flexibility index (Phi) is 19.9. The second-order valence-corrected chi connectivity index (χ2v) is 6.20. The summed E-state index contributed by atoms with van der Waals surface area (Å²) < 4.78 is 4.62. The smallest absolute Gasteiger partial charge is 0.339 e. The van der Waals surface area contributed by atoms with Gasteiger partial charge in [0.1, 0.15) is 11.9 Å². The maximum absolute atomic E-state index is 12.1. The van der Waals surface area contributed by atoms with Crippen LogP contribution in [0.3, 0.4) is 0 Å². The SMILES string of the molecule is CC.CC.CC.CCOC(C)=N.O=C(Nc1csc(-c2cnccn2)c1C(=O)O)c1cncnc1. The van der Waals surface area contributed by atoms with Gasteiger partial charge in [-0.05, 0) is 6.92 Å². The number of anilines is 1. The molecule has 0 aliphatic carbocycles. The van der Waals surface area contributed by atoms with E-state index in [1.807, 2.05) is 48.5 Å². The molecule has 0 aliphatic rings. The van der Waals surface area contributed by atoms with E-state index in [2.05, 4.69) is 30.0 Å². The Balaban J connectivity index is 0. The van der Waals surface area contributed by atoms with Gasteiger partial charge >= 0.3 is 5.97 Å². The van der Waals surface area contributed by atoms with Crippen molar-refractivity contribution in [2.24, 2.45) is 0 Å². The fraction of sp³-hybridized carbons (Fsp3) is 0.375. The predicted molar refractivity (Wildman–Crippen MR) is 141 cm³/mol. The van der Waals surface area contributed by atoms with Crippen LogP contribution in [0.4, 0.5) is 5.69 Å². The number of carbonyl (C=O) groups is 2. The van der Waals surface area contributed by atoms with Crippen LogP contribution in [-0.4, -0.2) is 49.4 Å². The quantitative estimate of drug-likeness (QED) is 0.281. The normalized spacial score (nSPS) is 8.57. The summed E-state index contributed by atoms with van der Waals surface area (Å²) in [5.41, 5.74) is 0.826. The topological polar surface area (TPSA) is 151 Å². The molecule has 192 valence electrons. The average Bonchev–Trinajstić information content (AvgIpc) is 3.33. The maximum atomic E-state index is 12.1. The van der Waals surface area contributed by atoms with E-state index in [1.54, 1.807) is 12.3 Å². The number of carboxylic acids is 1. The molecule has 0 unspecified atom stereocenters. The van der Waals surface area contributed by atoms with Crippen molar-refractivity contribution in [3.05, 3.63) is 53.8 Å². The van der Waals surface area contributed by atoms with Gasteiger partial charge < -0.3 is 15.2 Å². The second kappa shape index (κ2) is 20.8. The number of carbonyl (C=O) groups excluding carboxylic acids is 1. The lowest BCUT2D eigenvalue weighted by molar-refractivity contribution is 0.0699. The highest BCUT2D eigenvalue weighted by Crippen LogP contribution is 2.34. The Labute approximate surface area is 211 Å². The van der Waals surface area contributed by atoms with Gasteiger partial charge in [-0.25, -0.2) is 14.8 Å². The van der Waals surface area contributed by atoms with Crippen LogP contribution < -0.4 is 5.32 Å². The number of rotatable bonds is 5. The number of hydrogen-bond acceptors (Lipinski definition) is 9. The zero-order chi connectivity index (χ0) is 27.2. The average molecular weight is 505 g/mol. The van der Waals surface area contributed by atoms with Crippen LogP contribution in [0.1, 0.15) is 76.1 Å². The third-order valence-electron chi connectivity index (χ3n) is 3.23. The lowest BCUT2D eigenvalue weighted by atomic mass is 10.2. The molecule has 10 nitrogen and oxygen atoms in total. The lowest BCUT2D eigenvalue weighted by Gasteiger charge is -2.05. The summed E-state index contributed by atoms with van der Waals surface area (Å²) in [6.07, 6.45) is 8.43. The van der Waals surface area contributed by atoms with Crippen molar-refractivity contribution in [3.8, 4) is 10.6 Å². The highest BCUT2D eigenvalue weighted by Gasteiger charge is 2.22. The Morgan fingerprint density at radius 2 is 1.63 bits per heavy atom. The van der Waals surface area contributed by atoms with Gasteiger partial charge in [0.25, 0.3) is 5.91 Å². The molecule has 0 saturated heterocycles. The van der Waals surface area contributed by atoms with Crippen LogP contribution in [-0.2, 0) is 4.74 Å². The minimum absolute atomic E-state index is 0.0271. The molecule has 3 aromatic heterocycles. The molecule has 0 aromatic carbocycles. The van der Waals surface area contributed by atoms with Crippen LogP contribution in [0.2, 0.25) is 0 Å². The zero-order valence-corrected chi connectivity index (χ0v) is 22.4. The van der Waals surface area contributed by atoms with Crippen LogP contribution in [0.5, 0.6) is 0 Å². The van der Waals surface area contributed by atoms with Crippen LogP contribution in [0.15, 0.2) is 42.7 Å². The van der Waals surface area contributed by atoms with Gasteiger partial charge in [0.2, 0.25) is 0 Å². The zero-order valence-electron chi connectivity index (χ0n) is 21.6. The number of nitrogens with one attached hydrogen (secondary N) is 2. The van der Waals surface area contributed by atoms with E-state index in [-0.39, 0.29) is 22.7 Å². The van der Waals surface area contributed by atoms with Crippen LogP contribution >= 0.6 is 11.3 Å². The minimum atomic E-state index is -1.16. The van der Waals surface area contributed by atoms with Crippen LogP contribution in [0, 0.1) is 5.41 Å². The highest BCUT2D eigenvalue weighted by atomic mass is 32.1. The van der Waals surface area contributed by atoms with Crippen molar-refractivity contribution in [3.63, 3.8) is 0 Å². The first-order valence-electron chi connectivity index (χ1n) is 11.3. The molecule has 11 heteroatoms. The molecule has 1 amide bonds. The molecule has 0 atom stereocenters. The van der Waals surface area contributed by atoms with Crippen LogP contribution in [0.25, 0.3) is 10.6 Å². The van der Waals surface area contributed by atoms with E-state index in [0.717, 1.165) is 0 Å². The van der Waals surface area contributed by atoms with Crippen molar-refractivity contribution < 1.29 is 19.4 Å². The molecule has 0 spiro atoms. The first kappa shape index (κ1) is 33.4. The fourth-order valence-corrected chi connectivity index (χ4v) is 3.05. The summed E-state index contributed by atoms with van der Waals surface area (Å²) in [7, 11) is 0. The number of thiophene rings is 1. The van der Waals surface area contributed by atoms with Gasteiger partial charge in [-0.3, -0.25) is 20.2 Å². The van der Waals surface area contributed by atoms with Crippen molar-refractivity contribution in [1.82, 2.24) is 19.9 Å². The van der Waals surface area contributed by atoms with E-state index in [0.29, 0.717) is 17.2 Å². The van der Waals surface area contributed by atoms with E-state index in [1.165, 1.54) is 48.6 Å². The Hall–Kier alpha value is -3.73. The van der Waals surface area contributed by atoms with E-state index < -0.39 is 11.9 Å². The summed E-state index contributed by atoms with van der Waals surface area (Å²) in [5.74, 6) is -1.36. The second-order valence-electron chi connectivity index (χ2n) is 5.32. The molecular formula is C24H36N6O4S. The van der Waals surface area contributed by atoms with Crippen molar-refractivity contribution in [1.29, 1.82) is 5.41 Å². The molecule has 3 aromatic rings. The van der Waals surface area contributed by atoms with Crippen molar-refractivity contribution in [2.45, 2.75) is 55.4 Å². The number of aromatic nitrogens is 4. The Bertz CT molecular complexity index is 982. The summed E-state index contributed by atoms with van der Waals surface area (Å²) >= 11 is 1.17. The van der Waals surface area contributed by atoms with Crippen molar-refractivity contribution in [2.75, 3.05) is 11.9 Å². The Morgan fingerprint density at radius 1 is 1.03 bits per heavy atom. The number of hydrogen-bond donors (Lipinski definition) is 3. The van der Waals surface area contributed by atoms with Crippen molar-refractivity contribution >= 4 is 34.8 Å². The van der Waals surface area contributed by atoms with Gasteiger partial charge in [-0.1, -0.05) is 41.5 Å². The third kappa shape index (κ3) is 12.3. The summed E-state index contributed by atoms with van der Waals surface area (Å²) in [5, 5.41) is 20.2. The van der Waals surface area contributed by atoms with E-state index >= 15 is 0 Å². The summed E-state index contributed by atoms with van der Waals surface area (Å²) in [4.78, 5) is 39.7. The molecule has 0 bridgehead atoms. The van der Waals surface area contributed by atoms with Gasteiger partial charge in [-0.15, -0.1) is 11.3 Å². The number of carboxylic acid groups (broad SMARTS) is 1. The molecular weight excluding hydrogens is 468 g/mol. The van der Waals surface area contributed by atoms with E-state index in [9.17, 15) is 14.7 Å². The molecule has 3 heterocycles. The number of amides is 1. The standard InChI is InChI=1S/C14H9N5O3S.C4H9NO.3C2H6/c20-13(8-3-16-7-17-4-8)19-10-6-23-12(11(10)14(21)22)9-5-15-1-2-18-9;1-3-6-4(2)5;3*1-2/h1-7H,(H,19,20)(H,21,22);5H,3H2,1-2H3;3*1-2H3. The largest absolute Gasteiger partial charge is 0.482 e. The molecule has 35 heavy (non-hydrogen) atoms. The highest BCUT2D eigenvalue weighted by molar-refractivity contribution is 7.14. The monoisotopic (exact) mass is 504 g/mol. The Morgan fingerprint density at radius 3 is 2.06 bits per heavy atom. The first-order valence-corrected chi connectivity index (χ1v) is 12.2. The number of nitrogens with zero attached hydrogens (tertiary/aromatic N) is 4. The molecule has 0 aliphatic heterocycles. The first-order chi connectivity index (χ1) is 16.9. The minimum Gasteiger partial charge on any atom is -0.482 e. The molecule has 3 N–H and O–H groups in total. The fourth-order valence-electron chi connectivity index (χ4n) is 2.09. The lowest BCUT2D eigenvalue weighted by Crippen LogP contribution is -2.14. The summed E-state index contributed by atoms with van der Waals surface area (Å²) in [6, 6.07) is 0. The van der Waals surface area contributed by atoms with Gasteiger partial charge in [-0.2, -0.15) is 0 Å². The molecule has 0 fully saturated rings.